The minimum absolute atomic E-state index is 0.145. The smallest absolute Gasteiger partial charge is 0.226 e. The van der Waals surface area contributed by atoms with Gasteiger partial charge in [-0.25, -0.2) is 4.39 Å². The van der Waals surface area contributed by atoms with Crippen molar-refractivity contribution in [3.05, 3.63) is 53.1 Å². The van der Waals surface area contributed by atoms with Gasteiger partial charge in [0.25, 0.3) is 0 Å². The third kappa shape index (κ3) is 5.00. The molecule has 9 heteroatoms. The first kappa shape index (κ1) is 20.5. The molecule has 1 aromatic heterocycles. The topological polar surface area (TPSA) is 81.2 Å². The van der Waals surface area contributed by atoms with E-state index in [0.717, 1.165) is 11.3 Å². The Hall–Kier alpha value is -3.20. The Morgan fingerprint density at radius 3 is 2.69 bits per heavy atom. The third-order valence-corrected chi connectivity index (χ3v) is 4.50. The van der Waals surface area contributed by atoms with Crippen LogP contribution in [0.2, 0.25) is 0 Å². The monoisotopic (exact) mass is 416 g/mol. The molecule has 2 aromatic carbocycles. The number of H-pyrrole nitrogens is 1. The Morgan fingerprint density at radius 1 is 1.28 bits per heavy atom. The molecule has 3 rings (SSSR count). The summed E-state index contributed by atoms with van der Waals surface area (Å²) in [5.74, 6) is 0.717. The molecular formula is C20H21FN4O3S. The lowest BCUT2D eigenvalue weighted by Crippen LogP contribution is -2.15. The van der Waals surface area contributed by atoms with Crippen LogP contribution >= 0.6 is 12.2 Å². The predicted molar refractivity (Wildman–Crippen MR) is 110 cm³/mol. The standard InChI is InChI=1S/C20H21FN4O3S/c1-3-28-17-9-6-14(12-16(17)21)22-18(26)10-11-25-19(23-24-20(25)29)13-4-7-15(27-2)8-5-13/h4-9,12H,3,10-11H2,1-2H3,(H,22,26)(H,24,29). The van der Waals surface area contributed by atoms with Crippen LogP contribution in [0.25, 0.3) is 11.4 Å². The summed E-state index contributed by atoms with van der Waals surface area (Å²) >= 11 is 5.28. The summed E-state index contributed by atoms with van der Waals surface area (Å²) in [5.41, 5.74) is 1.20. The van der Waals surface area contributed by atoms with Crippen LogP contribution in [0.4, 0.5) is 10.1 Å². The highest BCUT2D eigenvalue weighted by Gasteiger charge is 2.12. The number of nitrogens with zero attached hydrogens (tertiary/aromatic N) is 2. The normalized spacial score (nSPS) is 10.6. The molecule has 0 unspecified atom stereocenters. The molecule has 0 aliphatic rings. The van der Waals surface area contributed by atoms with E-state index in [-0.39, 0.29) is 18.1 Å². The highest BCUT2D eigenvalue weighted by molar-refractivity contribution is 7.71. The molecule has 7 nitrogen and oxygen atoms in total. The summed E-state index contributed by atoms with van der Waals surface area (Å²) in [5, 5.41) is 9.68. The maximum absolute atomic E-state index is 13.9. The molecule has 0 radical (unpaired) electrons. The Labute approximate surface area is 172 Å². The van der Waals surface area contributed by atoms with Crippen molar-refractivity contribution in [2.75, 3.05) is 19.0 Å². The number of carbonyl (C=O) groups is 1. The van der Waals surface area contributed by atoms with Crippen LogP contribution < -0.4 is 14.8 Å². The Kier molecular flexibility index (Phi) is 6.61. The van der Waals surface area contributed by atoms with Crippen molar-refractivity contribution in [3.63, 3.8) is 0 Å². The SMILES string of the molecule is CCOc1ccc(NC(=O)CCn2c(-c3ccc(OC)cc3)n[nH]c2=S)cc1F. The van der Waals surface area contributed by atoms with Crippen LogP contribution in [0.5, 0.6) is 11.5 Å². The van der Waals surface area contributed by atoms with Gasteiger partial charge in [0.15, 0.2) is 22.2 Å². The van der Waals surface area contributed by atoms with Crippen molar-refractivity contribution in [2.24, 2.45) is 0 Å². The van der Waals surface area contributed by atoms with Crippen molar-refractivity contribution in [2.45, 2.75) is 19.9 Å². The van der Waals surface area contributed by atoms with Gasteiger partial charge in [-0.05, 0) is 55.5 Å². The number of benzene rings is 2. The maximum atomic E-state index is 13.9. The molecule has 0 aliphatic carbocycles. The van der Waals surface area contributed by atoms with Crippen LogP contribution in [0, 0.1) is 10.6 Å². The van der Waals surface area contributed by atoms with E-state index < -0.39 is 5.82 Å². The number of aromatic amines is 1. The number of ether oxygens (including phenoxy) is 2. The van der Waals surface area contributed by atoms with Crippen molar-refractivity contribution in [3.8, 4) is 22.9 Å². The van der Waals surface area contributed by atoms with Gasteiger partial charge >= 0.3 is 0 Å². The molecule has 3 aromatic rings. The third-order valence-electron chi connectivity index (χ3n) is 4.18. The number of carbonyl (C=O) groups excluding carboxylic acids is 1. The quantitative estimate of drug-likeness (QED) is 0.539. The van der Waals surface area contributed by atoms with Gasteiger partial charge in [0.05, 0.1) is 13.7 Å². The molecule has 1 heterocycles. The average molecular weight is 416 g/mol. The zero-order valence-electron chi connectivity index (χ0n) is 16.1. The van der Waals surface area contributed by atoms with Gasteiger partial charge in [-0.3, -0.25) is 14.5 Å². The number of aromatic nitrogens is 3. The van der Waals surface area contributed by atoms with Crippen LogP contribution in [0.1, 0.15) is 13.3 Å². The van der Waals surface area contributed by atoms with Gasteiger partial charge in [0.2, 0.25) is 5.91 Å². The Balaban J connectivity index is 1.67. The van der Waals surface area contributed by atoms with Crippen LogP contribution in [0.3, 0.4) is 0 Å². The highest BCUT2D eigenvalue weighted by Crippen LogP contribution is 2.22. The fourth-order valence-corrected chi connectivity index (χ4v) is 3.00. The molecule has 0 bridgehead atoms. The second-order valence-electron chi connectivity index (χ2n) is 6.11. The lowest BCUT2D eigenvalue weighted by atomic mass is 10.2. The fourth-order valence-electron chi connectivity index (χ4n) is 2.77. The molecule has 0 fully saturated rings. The van der Waals surface area contributed by atoms with Crippen molar-refractivity contribution in [1.82, 2.24) is 14.8 Å². The average Bonchev–Trinajstić information content (AvgIpc) is 3.09. The second kappa shape index (κ2) is 9.33. The summed E-state index contributed by atoms with van der Waals surface area (Å²) in [6.07, 6.45) is 0.145. The number of nitrogens with one attached hydrogen (secondary N) is 2. The summed E-state index contributed by atoms with van der Waals surface area (Å²) < 4.78 is 26.4. The number of anilines is 1. The molecule has 29 heavy (non-hydrogen) atoms. The molecule has 0 atom stereocenters. The lowest BCUT2D eigenvalue weighted by molar-refractivity contribution is -0.116. The zero-order chi connectivity index (χ0) is 20.8. The number of hydrogen-bond acceptors (Lipinski definition) is 5. The van der Waals surface area contributed by atoms with E-state index >= 15 is 0 Å². The van der Waals surface area contributed by atoms with Gasteiger partial charge in [-0.15, -0.1) is 0 Å². The number of rotatable bonds is 8. The molecular weight excluding hydrogens is 395 g/mol. The number of halogens is 1. The number of hydrogen-bond donors (Lipinski definition) is 2. The molecule has 1 amide bonds. The van der Waals surface area contributed by atoms with Gasteiger partial charge in [-0.1, -0.05) is 0 Å². The molecule has 0 saturated carbocycles. The van der Waals surface area contributed by atoms with E-state index in [1.54, 1.807) is 24.7 Å². The van der Waals surface area contributed by atoms with Gasteiger partial charge < -0.3 is 14.8 Å². The largest absolute Gasteiger partial charge is 0.497 e. The van der Waals surface area contributed by atoms with E-state index in [1.165, 1.54) is 12.1 Å². The van der Waals surface area contributed by atoms with Crippen LogP contribution in [-0.2, 0) is 11.3 Å². The molecule has 0 spiro atoms. The minimum atomic E-state index is -0.525. The van der Waals surface area contributed by atoms with E-state index in [9.17, 15) is 9.18 Å². The maximum Gasteiger partial charge on any atom is 0.226 e. The molecule has 0 aliphatic heterocycles. The van der Waals surface area contributed by atoms with Gasteiger partial charge in [-0.2, -0.15) is 5.10 Å². The Bertz CT molecular complexity index is 1050. The first-order chi connectivity index (χ1) is 14.0. The fraction of sp³-hybridized carbons (Fsp3) is 0.250. The molecule has 0 saturated heterocycles. The predicted octanol–water partition coefficient (Wildman–Crippen LogP) is 4.18. The molecule has 2 N–H and O–H groups in total. The second-order valence-corrected chi connectivity index (χ2v) is 6.50. The van der Waals surface area contributed by atoms with Crippen LogP contribution in [0.15, 0.2) is 42.5 Å². The summed E-state index contributed by atoms with van der Waals surface area (Å²) in [6.45, 7) is 2.46. The molecule has 152 valence electrons. The zero-order valence-corrected chi connectivity index (χ0v) is 16.9. The van der Waals surface area contributed by atoms with Crippen molar-refractivity contribution in [1.29, 1.82) is 0 Å². The van der Waals surface area contributed by atoms with Gasteiger partial charge in [0.1, 0.15) is 5.75 Å². The van der Waals surface area contributed by atoms with E-state index in [0.29, 0.717) is 29.4 Å². The summed E-state index contributed by atoms with van der Waals surface area (Å²) in [6, 6.07) is 11.7. The van der Waals surface area contributed by atoms with E-state index in [4.69, 9.17) is 21.7 Å². The van der Waals surface area contributed by atoms with Gasteiger partial charge in [0, 0.05) is 30.3 Å². The van der Waals surface area contributed by atoms with E-state index in [2.05, 4.69) is 15.5 Å². The first-order valence-electron chi connectivity index (χ1n) is 9.03. The minimum Gasteiger partial charge on any atom is -0.497 e. The van der Waals surface area contributed by atoms with Crippen molar-refractivity contribution >= 4 is 23.8 Å². The lowest BCUT2D eigenvalue weighted by Gasteiger charge is -2.10. The number of amides is 1. The highest BCUT2D eigenvalue weighted by atomic mass is 32.1. The first-order valence-corrected chi connectivity index (χ1v) is 9.44. The van der Waals surface area contributed by atoms with E-state index in [1.807, 2.05) is 24.3 Å². The summed E-state index contributed by atoms with van der Waals surface area (Å²) in [4.78, 5) is 12.3. The Morgan fingerprint density at radius 2 is 2.03 bits per heavy atom. The van der Waals surface area contributed by atoms with Crippen LogP contribution in [-0.4, -0.2) is 34.4 Å². The summed E-state index contributed by atoms with van der Waals surface area (Å²) in [7, 11) is 1.60. The van der Waals surface area contributed by atoms with Crippen molar-refractivity contribution < 1.29 is 18.7 Å². The number of methoxy groups -OCH3 is 1.